The number of hydrogen-bond acceptors (Lipinski definition) is 7. The number of methoxy groups -OCH3 is 1. The fourth-order valence-corrected chi connectivity index (χ4v) is 4.79. The van der Waals surface area contributed by atoms with Crippen LogP contribution in [0.2, 0.25) is 0 Å². The molecule has 1 saturated heterocycles. The molecule has 0 bridgehead atoms. The highest BCUT2D eigenvalue weighted by Gasteiger charge is 2.21. The first-order valence-electron chi connectivity index (χ1n) is 12.3. The van der Waals surface area contributed by atoms with Crippen LogP contribution in [0, 0.1) is 13.8 Å². The van der Waals surface area contributed by atoms with Gasteiger partial charge in [-0.3, -0.25) is 9.69 Å². The number of ether oxygens (including phenoxy) is 2. The van der Waals surface area contributed by atoms with Crippen molar-refractivity contribution in [2.24, 2.45) is 0 Å². The quantitative estimate of drug-likeness (QED) is 0.385. The minimum atomic E-state index is -0.0742. The molecule has 1 aliphatic rings. The van der Waals surface area contributed by atoms with E-state index in [1.165, 1.54) is 0 Å². The zero-order valence-corrected chi connectivity index (χ0v) is 21.0. The van der Waals surface area contributed by atoms with Crippen molar-refractivity contribution in [3.05, 3.63) is 80.9 Å². The Morgan fingerprint density at radius 2 is 1.92 bits per heavy atom. The third-order valence-electron chi connectivity index (χ3n) is 6.85. The van der Waals surface area contributed by atoms with Gasteiger partial charge in [-0.05, 0) is 72.0 Å². The first-order valence-corrected chi connectivity index (χ1v) is 12.3. The smallest absolute Gasteiger partial charge is 0.252 e. The third-order valence-corrected chi connectivity index (χ3v) is 6.85. The molecule has 36 heavy (non-hydrogen) atoms. The predicted octanol–water partition coefficient (Wildman–Crippen LogP) is 3.52. The molecule has 0 unspecified atom stereocenters. The zero-order chi connectivity index (χ0) is 25.1. The molecule has 0 amide bonds. The van der Waals surface area contributed by atoms with Crippen molar-refractivity contribution in [3.63, 3.8) is 0 Å². The SMILES string of the molecule is COc1ccc(CN(Cc2cc3c(C)ccc(C)c3[nH]c2=O)Cc2nnnn2C[C@@H]2CCCO2)cc1. The minimum absolute atomic E-state index is 0.0742. The van der Waals surface area contributed by atoms with Crippen LogP contribution in [0.1, 0.15) is 40.9 Å². The second kappa shape index (κ2) is 10.6. The molecule has 0 saturated carbocycles. The number of H-pyrrole nitrogens is 1. The first kappa shape index (κ1) is 24.1. The molecule has 1 aliphatic heterocycles. The van der Waals surface area contributed by atoms with E-state index in [9.17, 15) is 4.79 Å². The second-order valence-corrected chi connectivity index (χ2v) is 9.52. The maximum Gasteiger partial charge on any atom is 0.252 e. The van der Waals surface area contributed by atoms with Gasteiger partial charge in [0.15, 0.2) is 5.82 Å². The Hall–Kier alpha value is -3.56. The van der Waals surface area contributed by atoms with E-state index < -0.39 is 0 Å². The van der Waals surface area contributed by atoms with Crippen LogP contribution in [0.25, 0.3) is 10.9 Å². The van der Waals surface area contributed by atoms with Crippen molar-refractivity contribution >= 4 is 10.9 Å². The van der Waals surface area contributed by atoms with E-state index in [2.05, 4.69) is 38.4 Å². The number of aryl methyl sites for hydroxylation is 2. The van der Waals surface area contributed by atoms with E-state index in [4.69, 9.17) is 9.47 Å². The Labute approximate surface area is 210 Å². The predicted molar refractivity (Wildman–Crippen MR) is 137 cm³/mol. The van der Waals surface area contributed by atoms with E-state index >= 15 is 0 Å². The minimum Gasteiger partial charge on any atom is -0.497 e. The highest BCUT2D eigenvalue weighted by atomic mass is 16.5. The maximum atomic E-state index is 13.1. The summed E-state index contributed by atoms with van der Waals surface area (Å²) in [7, 11) is 1.66. The zero-order valence-electron chi connectivity index (χ0n) is 21.0. The molecular weight excluding hydrogens is 456 g/mol. The average molecular weight is 489 g/mol. The summed E-state index contributed by atoms with van der Waals surface area (Å²) in [6.07, 6.45) is 2.21. The van der Waals surface area contributed by atoms with Crippen LogP contribution in [-0.4, -0.2) is 49.9 Å². The van der Waals surface area contributed by atoms with Gasteiger partial charge in [-0.1, -0.05) is 24.3 Å². The van der Waals surface area contributed by atoms with Gasteiger partial charge in [-0.25, -0.2) is 4.68 Å². The number of aromatic amines is 1. The van der Waals surface area contributed by atoms with Gasteiger partial charge in [0.25, 0.3) is 5.56 Å². The van der Waals surface area contributed by atoms with Crippen molar-refractivity contribution in [3.8, 4) is 5.75 Å². The summed E-state index contributed by atoms with van der Waals surface area (Å²) < 4.78 is 12.9. The Bertz CT molecular complexity index is 1390. The average Bonchev–Trinajstić information content (AvgIpc) is 3.55. The van der Waals surface area contributed by atoms with Crippen LogP contribution in [0.4, 0.5) is 0 Å². The van der Waals surface area contributed by atoms with Gasteiger partial charge >= 0.3 is 0 Å². The summed E-state index contributed by atoms with van der Waals surface area (Å²) in [4.78, 5) is 18.4. The largest absolute Gasteiger partial charge is 0.497 e. The van der Waals surface area contributed by atoms with Gasteiger partial charge in [-0.15, -0.1) is 5.10 Å². The third kappa shape index (κ3) is 5.32. The number of nitrogens with one attached hydrogen (secondary N) is 1. The number of fused-ring (bicyclic) bond motifs is 1. The fourth-order valence-electron chi connectivity index (χ4n) is 4.79. The number of benzene rings is 2. The van der Waals surface area contributed by atoms with Gasteiger partial charge in [-0.2, -0.15) is 0 Å². The fraction of sp³-hybridized carbons (Fsp3) is 0.407. The van der Waals surface area contributed by atoms with Crippen molar-refractivity contribution in [1.82, 2.24) is 30.1 Å². The van der Waals surface area contributed by atoms with E-state index in [0.29, 0.717) is 31.7 Å². The van der Waals surface area contributed by atoms with Crippen LogP contribution < -0.4 is 10.3 Å². The van der Waals surface area contributed by atoms with E-state index in [0.717, 1.165) is 58.6 Å². The molecule has 0 spiro atoms. The molecule has 2 aromatic heterocycles. The van der Waals surface area contributed by atoms with Crippen molar-refractivity contribution < 1.29 is 9.47 Å². The van der Waals surface area contributed by atoms with Crippen LogP contribution in [0.3, 0.4) is 0 Å². The van der Waals surface area contributed by atoms with Gasteiger partial charge in [0.2, 0.25) is 0 Å². The molecule has 5 rings (SSSR count). The number of aromatic nitrogens is 5. The van der Waals surface area contributed by atoms with Crippen molar-refractivity contribution in [2.45, 2.75) is 59.0 Å². The van der Waals surface area contributed by atoms with Crippen molar-refractivity contribution in [2.75, 3.05) is 13.7 Å². The van der Waals surface area contributed by atoms with Crippen molar-refractivity contribution in [1.29, 1.82) is 0 Å². The second-order valence-electron chi connectivity index (χ2n) is 9.52. The summed E-state index contributed by atoms with van der Waals surface area (Å²) in [5, 5.41) is 13.5. The number of tetrazole rings is 1. The normalized spacial score (nSPS) is 15.7. The molecule has 9 heteroatoms. The van der Waals surface area contributed by atoms with Gasteiger partial charge < -0.3 is 14.5 Å². The van der Waals surface area contributed by atoms with E-state index in [-0.39, 0.29) is 11.7 Å². The van der Waals surface area contributed by atoms with Gasteiger partial charge in [0.1, 0.15) is 5.75 Å². The molecule has 1 fully saturated rings. The number of pyridine rings is 1. The highest BCUT2D eigenvalue weighted by molar-refractivity contribution is 5.85. The molecule has 1 N–H and O–H groups in total. The van der Waals surface area contributed by atoms with Gasteiger partial charge in [0.05, 0.1) is 31.8 Å². The van der Waals surface area contributed by atoms with Crippen LogP contribution >= 0.6 is 0 Å². The molecular formula is C27H32N6O3. The Morgan fingerprint density at radius 1 is 1.11 bits per heavy atom. The molecule has 3 heterocycles. The lowest BCUT2D eigenvalue weighted by molar-refractivity contribution is 0.0914. The van der Waals surface area contributed by atoms with Gasteiger partial charge in [0, 0.05) is 30.6 Å². The molecule has 0 aliphatic carbocycles. The standard InChI is InChI=1S/C27H32N6O3/c1-18-6-7-19(2)26-24(18)13-21(27(34)28-26)15-32(14-20-8-10-22(35-3)11-9-20)17-25-29-30-31-33(25)16-23-5-4-12-36-23/h6-11,13,23H,4-5,12,14-17H2,1-3H3,(H,28,34)/t23-/m0/s1. The number of hydrogen-bond donors (Lipinski definition) is 1. The molecule has 1 atom stereocenters. The maximum absolute atomic E-state index is 13.1. The Kier molecular flexibility index (Phi) is 7.11. The molecule has 188 valence electrons. The number of rotatable bonds is 9. The molecule has 4 aromatic rings. The summed E-state index contributed by atoms with van der Waals surface area (Å²) in [5.74, 6) is 1.56. The van der Waals surface area contributed by atoms with Crippen LogP contribution in [0.15, 0.2) is 47.3 Å². The van der Waals surface area contributed by atoms with Crippen LogP contribution in [-0.2, 0) is 30.9 Å². The first-order chi connectivity index (χ1) is 17.5. The van der Waals surface area contributed by atoms with Crippen LogP contribution in [0.5, 0.6) is 5.75 Å². The lowest BCUT2D eigenvalue weighted by Gasteiger charge is -2.22. The molecule has 2 aromatic carbocycles. The topological polar surface area (TPSA) is 98.2 Å². The summed E-state index contributed by atoms with van der Waals surface area (Å²) in [6.45, 7) is 7.08. The Morgan fingerprint density at radius 3 is 2.67 bits per heavy atom. The summed E-state index contributed by atoms with van der Waals surface area (Å²) >= 11 is 0. The highest BCUT2D eigenvalue weighted by Crippen LogP contribution is 2.22. The van der Waals surface area contributed by atoms with E-state index in [1.807, 2.05) is 48.0 Å². The number of nitrogens with zero attached hydrogens (tertiary/aromatic N) is 5. The summed E-state index contributed by atoms with van der Waals surface area (Å²) in [6, 6.07) is 14.1. The lowest BCUT2D eigenvalue weighted by Crippen LogP contribution is -2.29. The summed E-state index contributed by atoms with van der Waals surface area (Å²) in [5.41, 5.74) is 4.83. The van der Waals surface area contributed by atoms with E-state index in [1.54, 1.807) is 7.11 Å². The lowest BCUT2D eigenvalue weighted by atomic mass is 10.0. The monoisotopic (exact) mass is 488 g/mol. The molecule has 9 nitrogen and oxygen atoms in total. The Balaban J connectivity index is 1.44. The molecule has 0 radical (unpaired) electrons.